The second kappa shape index (κ2) is 30.7. The molecule has 6 rings (SSSR count). The lowest BCUT2D eigenvalue weighted by Crippen LogP contribution is -2.60. The number of nitrogens with zero attached hydrogens (tertiary/aromatic N) is 3. The van der Waals surface area contributed by atoms with E-state index in [4.69, 9.17) is 40.3 Å². The predicted octanol–water partition coefficient (Wildman–Crippen LogP) is -0.722. The van der Waals surface area contributed by atoms with E-state index in [0.29, 0.717) is 22.6 Å². The Kier molecular flexibility index (Phi) is 23.4. The van der Waals surface area contributed by atoms with E-state index in [2.05, 4.69) is 52.2 Å². The number of nitrogens with two attached hydrogens (primary N) is 5. The lowest BCUT2D eigenvalue weighted by Gasteiger charge is -2.31. The Balaban J connectivity index is 1.41. The second-order valence-corrected chi connectivity index (χ2v) is 21.0. The van der Waals surface area contributed by atoms with Crippen LogP contribution in [0.25, 0.3) is 10.9 Å². The van der Waals surface area contributed by atoms with Crippen LogP contribution in [0.1, 0.15) is 81.4 Å². The summed E-state index contributed by atoms with van der Waals surface area (Å²) in [6, 6.07) is 13.8. The van der Waals surface area contributed by atoms with Gasteiger partial charge in [0.2, 0.25) is 53.2 Å². The Morgan fingerprint density at radius 1 is 0.720 bits per heavy atom. The predicted molar refractivity (Wildman–Crippen MR) is 309 cm³/mol. The number of nitrogens with one attached hydrogen (secondary N) is 8. The van der Waals surface area contributed by atoms with Gasteiger partial charge in [-0.3, -0.25) is 53.1 Å². The first-order valence-corrected chi connectivity index (χ1v) is 27.7. The van der Waals surface area contributed by atoms with E-state index in [-0.39, 0.29) is 102 Å². The Hall–Kier alpha value is -8.74. The van der Waals surface area contributed by atoms with Crippen LogP contribution in [0.4, 0.5) is 0 Å². The Labute approximate surface area is 479 Å². The fourth-order valence-electron chi connectivity index (χ4n) is 10.1. The van der Waals surface area contributed by atoms with Gasteiger partial charge in [0.1, 0.15) is 42.3 Å². The molecule has 2 aliphatic rings. The van der Waals surface area contributed by atoms with Gasteiger partial charge in [-0.15, -0.1) is 0 Å². The Morgan fingerprint density at radius 2 is 1.35 bits per heavy atom. The number of H-pyrrole nitrogens is 1. The number of guanidine groups is 2. The quantitative estimate of drug-likeness (QED) is 0.0333. The molecule has 2 aliphatic heterocycles. The van der Waals surface area contributed by atoms with Crippen LogP contribution in [0.2, 0.25) is 5.02 Å². The normalized spacial score (nSPS) is 22.0. The first-order chi connectivity index (χ1) is 39.3. The third-order valence-electron chi connectivity index (χ3n) is 14.2. The molecule has 9 amide bonds. The van der Waals surface area contributed by atoms with Crippen molar-refractivity contribution in [1.82, 2.24) is 47.1 Å². The van der Waals surface area contributed by atoms with Gasteiger partial charge >= 0.3 is 0 Å². The van der Waals surface area contributed by atoms with E-state index < -0.39 is 108 Å². The van der Waals surface area contributed by atoms with E-state index in [0.717, 1.165) is 16.5 Å². The van der Waals surface area contributed by atoms with E-state index in [1.165, 1.54) is 11.8 Å². The fraction of sp³-hybridized carbons (Fsp3) is 0.446. The topological polar surface area (TPSA) is 412 Å². The summed E-state index contributed by atoms with van der Waals surface area (Å²) in [4.78, 5) is 140. The molecule has 8 atom stereocenters. The summed E-state index contributed by atoms with van der Waals surface area (Å²) in [5.74, 6) is -7.61. The summed E-state index contributed by atoms with van der Waals surface area (Å²) in [5.41, 5.74) is 30.9. The van der Waals surface area contributed by atoms with Crippen LogP contribution in [0, 0.1) is 5.92 Å². The molecule has 3 heterocycles. The number of carbonyl (C=O) groups excluding carboxylic acids is 9. The molecule has 0 unspecified atom stereocenters. The zero-order chi connectivity index (χ0) is 59.3. The van der Waals surface area contributed by atoms with Crippen LogP contribution in [-0.2, 0) is 62.4 Å². The van der Waals surface area contributed by atoms with Crippen molar-refractivity contribution in [2.45, 2.75) is 126 Å². The van der Waals surface area contributed by atoms with Gasteiger partial charge in [0.05, 0.1) is 6.42 Å². The number of halogens is 1. The van der Waals surface area contributed by atoms with Crippen molar-refractivity contribution in [3.05, 3.63) is 107 Å². The van der Waals surface area contributed by atoms with Gasteiger partial charge in [-0.1, -0.05) is 78.3 Å². The molecule has 440 valence electrons. The highest BCUT2D eigenvalue weighted by atomic mass is 35.5. The Bertz CT molecular complexity index is 2970. The average molecular weight is 1150 g/mol. The van der Waals surface area contributed by atoms with E-state index in [1.54, 1.807) is 54.7 Å². The highest BCUT2D eigenvalue weighted by Gasteiger charge is 2.44. The summed E-state index contributed by atoms with van der Waals surface area (Å²) in [7, 11) is 0. The molecule has 4 aromatic rings. The van der Waals surface area contributed by atoms with Crippen molar-refractivity contribution in [2.24, 2.45) is 44.6 Å². The molecule has 18 N–H and O–H groups in total. The molecule has 2 fully saturated rings. The minimum atomic E-state index is -1.61. The molecule has 3 aromatic carbocycles. The number of aromatic nitrogens is 1. The highest BCUT2D eigenvalue weighted by molar-refractivity contribution is 6.31. The molecule has 26 heteroatoms. The van der Waals surface area contributed by atoms with Crippen molar-refractivity contribution in [2.75, 3.05) is 26.2 Å². The SMILES string of the molecule is CC(=O)N[C@@H](CCCN=C(N)N)C(=O)N[C@H]1CC(=O)NCCCC[C@@H](C(N)=O)NC(=O)[C@H](Cc2c[nH]c3ccccc23)NC(=O)[C@H](CCCN=C(N)N)NC(=O)[C@@H](Cc2ccccc2)NC(=O)[C@@H]2C[C@@H](Cc3ccccc3Cl)CN2C1=O. The Morgan fingerprint density at radius 3 is 2.06 bits per heavy atom. The third kappa shape index (κ3) is 18.9. The van der Waals surface area contributed by atoms with Crippen LogP contribution in [0.5, 0.6) is 0 Å². The molecule has 0 radical (unpaired) electrons. The smallest absolute Gasteiger partial charge is 0.246 e. The summed E-state index contributed by atoms with van der Waals surface area (Å²) in [6.07, 6.45) is 2.19. The van der Waals surface area contributed by atoms with Crippen molar-refractivity contribution in [3.8, 4) is 0 Å². The largest absolute Gasteiger partial charge is 0.370 e. The highest BCUT2D eigenvalue weighted by Crippen LogP contribution is 2.30. The summed E-state index contributed by atoms with van der Waals surface area (Å²) in [6.45, 7) is 1.36. The molecular weight excluding hydrogens is 1080 g/mol. The van der Waals surface area contributed by atoms with Crippen LogP contribution < -0.4 is 65.9 Å². The number of amides is 9. The molecular formula is C56H75ClN16O9. The van der Waals surface area contributed by atoms with Crippen LogP contribution >= 0.6 is 11.6 Å². The number of para-hydroxylation sites is 1. The van der Waals surface area contributed by atoms with Crippen molar-refractivity contribution >= 4 is 87.6 Å². The number of carbonyl (C=O) groups is 9. The van der Waals surface area contributed by atoms with Gasteiger partial charge in [0, 0.05) is 68.1 Å². The standard InChI is InChI=1S/C56H75ClN16O9/c1-32(74)67-41(20-11-23-64-55(59)60)49(77)72-45-29-47(75)63-22-10-9-19-40(48(58)76)68-52(80)44(28-36-30-66-39-18-8-6-16-37(36)39)70-50(78)42(21-12-24-65-56(61)62)69-51(79)43(26-33-13-3-2-4-14-33)71-53(81)46-27-34(31-73(46)54(45)82)25-35-15-5-7-17-38(35)57/h2-8,13-18,30,34,40-46,66H,9-12,19-29,31H2,1H3,(H2,58,76)(H,63,75)(H,67,74)(H,68,80)(H,69,79)(H,70,78)(H,71,81)(H,72,77)(H4,59,60,64)(H4,61,62,65)/t34-,40+,41+,42+,43-,44+,45+,46+/m1/s1. The van der Waals surface area contributed by atoms with Crippen molar-refractivity contribution < 1.29 is 43.2 Å². The minimum absolute atomic E-state index is 0.0224. The van der Waals surface area contributed by atoms with Crippen molar-refractivity contribution in [1.29, 1.82) is 0 Å². The zero-order valence-corrected chi connectivity index (χ0v) is 46.6. The maximum absolute atomic E-state index is 15.2. The number of aliphatic imine (C=N–C) groups is 2. The van der Waals surface area contributed by atoms with E-state index in [9.17, 15) is 33.6 Å². The summed E-state index contributed by atoms with van der Waals surface area (Å²) >= 11 is 6.64. The molecule has 82 heavy (non-hydrogen) atoms. The summed E-state index contributed by atoms with van der Waals surface area (Å²) < 4.78 is 0. The van der Waals surface area contributed by atoms with Crippen LogP contribution in [0.15, 0.2) is 95.0 Å². The molecule has 25 nitrogen and oxygen atoms in total. The van der Waals surface area contributed by atoms with Gasteiger partial charge in [-0.25, -0.2) is 0 Å². The van der Waals surface area contributed by atoms with Gasteiger partial charge in [-0.05, 0) is 92.5 Å². The first kappa shape index (κ1) is 62.5. The van der Waals surface area contributed by atoms with Gasteiger partial charge in [-0.2, -0.15) is 0 Å². The second-order valence-electron chi connectivity index (χ2n) is 20.6. The lowest BCUT2D eigenvalue weighted by molar-refractivity contribution is -0.143. The number of aromatic amines is 1. The maximum atomic E-state index is 15.2. The number of hydrogen-bond donors (Lipinski definition) is 13. The number of fused-ring (bicyclic) bond motifs is 2. The molecule has 2 saturated heterocycles. The maximum Gasteiger partial charge on any atom is 0.246 e. The first-order valence-electron chi connectivity index (χ1n) is 27.3. The molecule has 0 bridgehead atoms. The number of primary amides is 1. The monoisotopic (exact) mass is 1150 g/mol. The van der Waals surface area contributed by atoms with Crippen LogP contribution in [-0.4, -0.2) is 143 Å². The summed E-state index contributed by atoms with van der Waals surface area (Å²) in [5, 5.41) is 20.5. The van der Waals surface area contributed by atoms with Crippen LogP contribution in [0.3, 0.4) is 0 Å². The average Bonchev–Trinajstić information content (AvgIpc) is 4.20. The van der Waals surface area contributed by atoms with Gasteiger partial charge in [0.25, 0.3) is 0 Å². The van der Waals surface area contributed by atoms with E-state index in [1.807, 2.05) is 30.3 Å². The molecule has 0 saturated carbocycles. The fourth-order valence-corrected chi connectivity index (χ4v) is 10.3. The minimum Gasteiger partial charge on any atom is -0.370 e. The lowest BCUT2D eigenvalue weighted by atomic mass is 9.96. The van der Waals surface area contributed by atoms with Gasteiger partial charge in [0.15, 0.2) is 11.9 Å². The molecule has 0 aliphatic carbocycles. The van der Waals surface area contributed by atoms with E-state index >= 15 is 9.59 Å². The molecule has 0 spiro atoms. The van der Waals surface area contributed by atoms with Crippen molar-refractivity contribution in [3.63, 3.8) is 0 Å². The number of benzene rings is 3. The number of rotatable bonds is 18. The van der Waals surface area contributed by atoms with Gasteiger partial charge < -0.3 is 75.8 Å². The zero-order valence-electron chi connectivity index (χ0n) is 45.8. The number of hydrogen-bond acceptors (Lipinski definition) is 11. The third-order valence-corrected chi connectivity index (χ3v) is 14.6. The molecule has 1 aromatic heterocycles.